The first kappa shape index (κ1) is 23.5. The van der Waals surface area contributed by atoms with Crippen molar-refractivity contribution in [1.29, 1.82) is 0 Å². The minimum Gasteiger partial charge on any atom is -0.466 e. The van der Waals surface area contributed by atoms with Crippen molar-refractivity contribution in [2.24, 2.45) is 0 Å². The second kappa shape index (κ2) is 11.4. The average molecular weight is 452 g/mol. The number of ether oxygens (including phenoxy) is 2. The number of hydrogen-bond acceptors (Lipinski definition) is 8. The van der Waals surface area contributed by atoms with E-state index in [1.807, 2.05) is 30.3 Å². The fourth-order valence-electron chi connectivity index (χ4n) is 3.10. The third kappa shape index (κ3) is 6.39. The Balaban J connectivity index is 1.81. The Bertz CT molecular complexity index is 1070. The van der Waals surface area contributed by atoms with E-state index in [4.69, 9.17) is 9.15 Å². The van der Waals surface area contributed by atoms with Crippen molar-refractivity contribution in [1.82, 2.24) is 15.1 Å². The summed E-state index contributed by atoms with van der Waals surface area (Å²) in [6, 6.07) is 16.3. The smallest absolute Gasteiger partial charge is 0.411 e. The van der Waals surface area contributed by atoms with Crippen LogP contribution in [0.25, 0.3) is 11.5 Å². The number of likely N-dealkylation sites (N-methyl/N-ethyl adjacent to an activating group) is 1. The lowest BCUT2D eigenvalue weighted by Crippen LogP contribution is -2.35. The number of anilines is 1. The van der Waals surface area contributed by atoms with E-state index in [0.717, 1.165) is 5.56 Å². The molecule has 0 saturated heterocycles. The molecule has 0 radical (unpaired) electrons. The van der Waals surface area contributed by atoms with Crippen molar-refractivity contribution in [3.8, 4) is 11.5 Å². The Morgan fingerprint density at radius 1 is 1.12 bits per heavy atom. The van der Waals surface area contributed by atoms with Crippen LogP contribution in [0.1, 0.15) is 17.4 Å². The third-order valence-corrected chi connectivity index (χ3v) is 4.87. The fourth-order valence-corrected chi connectivity index (χ4v) is 3.10. The van der Waals surface area contributed by atoms with Gasteiger partial charge in [-0.3, -0.25) is 14.9 Å². The van der Waals surface area contributed by atoms with Crippen LogP contribution in [0.2, 0.25) is 0 Å². The number of methoxy groups -OCH3 is 1. The van der Waals surface area contributed by atoms with Gasteiger partial charge in [0.2, 0.25) is 17.7 Å². The van der Waals surface area contributed by atoms with Gasteiger partial charge < -0.3 is 18.8 Å². The molecule has 0 aliphatic heterocycles. The Morgan fingerprint density at radius 3 is 2.52 bits per heavy atom. The molecule has 33 heavy (non-hydrogen) atoms. The molecule has 0 aliphatic carbocycles. The van der Waals surface area contributed by atoms with Crippen LogP contribution < -0.4 is 5.32 Å². The zero-order chi connectivity index (χ0) is 23.6. The van der Waals surface area contributed by atoms with E-state index in [9.17, 15) is 14.4 Å². The molecule has 2 amide bonds. The molecule has 1 unspecified atom stereocenters. The quantitative estimate of drug-likeness (QED) is 0.368. The summed E-state index contributed by atoms with van der Waals surface area (Å²) >= 11 is 0. The fraction of sp³-hybridized carbons (Fsp3) is 0.261. The van der Waals surface area contributed by atoms with Gasteiger partial charge in [-0.2, -0.15) is 0 Å². The van der Waals surface area contributed by atoms with Gasteiger partial charge in [-0.15, -0.1) is 10.2 Å². The summed E-state index contributed by atoms with van der Waals surface area (Å²) in [5, 5.41) is 10.8. The van der Waals surface area contributed by atoms with Crippen LogP contribution in [0, 0.1) is 0 Å². The van der Waals surface area contributed by atoms with E-state index >= 15 is 0 Å². The summed E-state index contributed by atoms with van der Waals surface area (Å²) in [6.45, 7) is 0.666. The molecular formula is C23H24N4O6. The van der Waals surface area contributed by atoms with Gasteiger partial charge >= 0.3 is 6.09 Å². The molecule has 0 saturated carbocycles. The molecular weight excluding hydrogens is 428 g/mol. The summed E-state index contributed by atoms with van der Waals surface area (Å²) in [5.74, 6) is -0.525. The predicted molar refractivity (Wildman–Crippen MR) is 118 cm³/mol. The molecule has 3 aromatic rings. The van der Waals surface area contributed by atoms with E-state index in [-0.39, 0.29) is 30.8 Å². The normalized spacial score (nSPS) is 11.3. The van der Waals surface area contributed by atoms with Gasteiger partial charge in [0.25, 0.3) is 6.47 Å². The molecule has 1 heterocycles. The Labute approximate surface area is 190 Å². The lowest BCUT2D eigenvalue weighted by molar-refractivity contribution is -0.135. The van der Waals surface area contributed by atoms with Crippen LogP contribution in [-0.4, -0.2) is 60.9 Å². The second-order valence-corrected chi connectivity index (χ2v) is 7.11. The van der Waals surface area contributed by atoms with Gasteiger partial charge in [0, 0.05) is 18.3 Å². The zero-order valence-corrected chi connectivity index (χ0v) is 18.3. The van der Waals surface area contributed by atoms with Crippen molar-refractivity contribution in [2.75, 3.05) is 32.6 Å². The standard InChI is InChI=1S/C23H24N4O6/c1-27(12-13-32-15-28)22(29)19(14-16-6-4-3-5-7-16)21-26-25-20(33-21)17-8-10-18(11-9-17)24-23(30)31-2/h3-11,15,19H,12-14H2,1-2H3,(H,24,30). The molecule has 10 heteroatoms. The van der Waals surface area contributed by atoms with Crippen LogP contribution in [0.3, 0.4) is 0 Å². The molecule has 0 aliphatic rings. The summed E-state index contributed by atoms with van der Waals surface area (Å²) < 4.78 is 15.1. The third-order valence-electron chi connectivity index (χ3n) is 4.87. The van der Waals surface area contributed by atoms with E-state index in [1.54, 1.807) is 31.3 Å². The SMILES string of the molecule is COC(=O)Nc1ccc(-c2nnc(C(Cc3ccccc3)C(=O)N(C)CCOC=O)o2)cc1. The maximum atomic E-state index is 13.2. The highest BCUT2D eigenvalue weighted by Crippen LogP contribution is 2.27. The minimum absolute atomic E-state index is 0.0881. The highest BCUT2D eigenvalue weighted by molar-refractivity contribution is 5.85. The molecule has 0 spiro atoms. The molecule has 1 aromatic heterocycles. The summed E-state index contributed by atoms with van der Waals surface area (Å²) in [5.41, 5.74) is 2.11. The number of carbonyl (C=O) groups excluding carboxylic acids is 3. The molecule has 0 fully saturated rings. The summed E-state index contributed by atoms with van der Waals surface area (Å²) in [4.78, 5) is 36.4. The lowest BCUT2D eigenvalue weighted by Gasteiger charge is -2.21. The monoisotopic (exact) mass is 452 g/mol. The number of nitrogens with one attached hydrogen (secondary N) is 1. The Kier molecular flexibility index (Phi) is 8.12. The molecule has 1 N–H and O–H groups in total. The van der Waals surface area contributed by atoms with Gasteiger partial charge in [-0.05, 0) is 36.2 Å². The van der Waals surface area contributed by atoms with Crippen molar-refractivity contribution < 1.29 is 28.3 Å². The lowest BCUT2D eigenvalue weighted by atomic mass is 9.98. The van der Waals surface area contributed by atoms with Crippen molar-refractivity contribution in [3.63, 3.8) is 0 Å². The summed E-state index contributed by atoms with van der Waals surface area (Å²) in [6.07, 6.45) is -0.213. The number of nitrogens with zero attached hydrogens (tertiary/aromatic N) is 3. The van der Waals surface area contributed by atoms with Crippen LogP contribution in [0.5, 0.6) is 0 Å². The molecule has 10 nitrogen and oxygen atoms in total. The molecule has 3 rings (SSSR count). The average Bonchev–Trinajstić information content (AvgIpc) is 3.33. The molecule has 0 bridgehead atoms. The number of aromatic nitrogens is 2. The van der Waals surface area contributed by atoms with Gasteiger partial charge in [-0.1, -0.05) is 30.3 Å². The second-order valence-electron chi connectivity index (χ2n) is 7.11. The van der Waals surface area contributed by atoms with E-state index in [0.29, 0.717) is 24.1 Å². The number of amides is 2. The van der Waals surface area contributed by atoms with Crippen LogP contribution in [0.15, 0.2) is 59.0 Å². The maximum Gasteiger partial charge on any atom is 0.411 e. The van der Waals surface area contributed by atoms with Gasteiger partial charge in [0.05, 0.1) is 13.7 Å². The number of hydrogen-bond donors (Lipinski definition) is 1. The molecule has 172 valence electrons. The van der Waals surface area contributed by atoms with Gasteiger partial charge in [-0.25, -0.2) is 4.79 Å². The van der Waals surface area contributed by atoms with Crippen molar-refractivity contribution in [2.45, 2.75) is 12.3 Å². The van der Waals surface area contributed by atoms with Crippen molar-refractivity contribution in [3.05, 3.63) is 66.1 Å². The number of benzene rings is 2. The van der Waals surface area contributed by atoms with E-state index < -0.39 is 12.0 Å². The van der Waals surface area contributed by atoms with Gasteiger partial charge in [0.1, 0.15) is 12.5 Å². The first-order valence-electron chi connectivity index (χ1n) is 10.1. The molecule has 1 atom stereocenters. The van der Waals surface area contributed by atoms with E-state index in [2.05, 4.69) is 20.3 Å². The van der Waals surface area contributed by atoms with Gasteiger partial charge in [0.15, 0.2) is 0 Å². The molecule has 2 aromatic carbocycles. The van der Waals surface area contributed by atoms with Crippen LogP contribution >= 0.6 is 0 Å². The maximum absolute atomic E-state index is 13.2. The predicted octanol–water partition coefficient (Wildman–Crippen LogP) is 2.87. The largest absolute Gasteiger partial charge is 0.466 e. The van der Waals surface area contributed by atoms with Crippen LogP contribution in [-0.2, 0) is 25.5 Å². The van der Waals surface area contributed by atoms with E-state index in [1.165, 1.54) is 12.0 Å². The Morgan fingerprint density at radius 2 is 1.85 bits per heavy atom. The topological polar surface area (TPSA) is 124 Å². The highest BCUT2D eigenvalue weighted by Gasteiger charge is 2.29. The number of carbonyl (C=O) groups is 3. The Hall–Kier alpha value is -4.21. The van der Waals surface area contributed by atoms with Crippen molar-refractivity contribution >= 4 is 24.2 Å². The zero-order valence-electron chi connectivity index (χ0n) is 18.3. The number of rotatable bonds is 10. The highest BCUT2D eigenvalue weighted by atomic mass is 16.5. The van der Waals surface area contributed by atoms with Crippen LogP contribution in [0.4, 0.5) is 10.5 Å². The minimum atomic E-state index is -0.713. The first-order chi connectivity index (χ1) is 16.0. The summed E-state index contributed by atoms with van der Waals surface area (Å²) in [7, 11) is 2.91. The first-order valence-corrected chi connectivity index (χ1v) is 10.1.